The van der Waals surface area contributed by atoms with Crippen LogP contribution in [0.3, 0.4) is 0 Å². The molecule has 1 aliphatic rings. The molecule has 0 saturated heterocycles. The molecule has 1 aliphatic carbocycles. The van der Waals surface area contributed by atoms with Gasteiger partial charge in [-0.05, 0) is 85.3 Å². The molecule has 0 atom stereocenters. The monoisotopic (exact) mass is 573 g/mol. The Hall–Kier alpha value is -3.05. The number of hydrogen-bond donors (Lipinski definition) is 2. The second kappa shape index (κ2) is 12.1. The van der Waals surface area contributed by atoms with E-state index in [1.807, 2.05) is 39.4 Å². The second-order valence-corrected chi connectivity index (χ2v) is 13.8. The van der Waals surface area contributed by atoms with Crippen LogP contribution in [0.25, 0.3) is 28.2 Å². The van der Waals surface area contributed by atoms with Gasteiger partial charge in [0.15, 0.2) is 0 Å². The Bertz CT molecular complexity index is 1480. The van der Waals surface area contributed by atoms with Crippen LogP contribution in [0.1, 0.15) is 95.4 Å². The van der Waals surface area contributed by atoms with Crippen molar-refractivity contribution in [3.05, 3.63) is 64.3 Å². The van der Waals surface area contributed by atoms with Gasteiger partial charge in [-0.3, -0.25) is 10.1 Å². The Labute approximate surface area is 252 Å². The SMILES string of the molecule is C=Cc1cc(/C(N)=C(/C(C)=NC2CC(CC)(CCCC(C)(C)C)C2)c2c(Cl)c(C)cc3[nH]ncc23)ccc1N(C)C. The molecule has 0 aliphatic heterocycles. The third kappa shape index (κ3) is 6.56. The number of allylic oxidation sites excluding steroid dienone is 1. The van der Waals surface area contributed by atoms with Crippen molar-refractivity contribution < 1.29 is 0 Å². The molecule has 6 heteroatoms. The molecular formula is C35H48ClN5. The fourth-order valence-corrected chi connectivity index (χ4v) is 6.68. The summed E-state index contributed by atoms with van der Waals surface area (Å²) in [6.07, 6.45) is 11.0. The summed E-state index contributed by atoms with van der Waals surface area (Å²) in [5.41, 5.74) is 16.1. The van der Waals surface area contributed by atoms with Crippen LogP contribution in [0.15, 0.2) is 42.0 Å². The molecular weight excluding hydrogens is 526 g/mol. The number of aromatic amines is 1. The number of H-pyrrole nitrogens is 1. The summed E-state index contributed by atoms with van der Waals surface area (Å²) in [5, 5.41) is 9.08. The number of hydrogen-bond acceptors (Lipinski definition) is 4. The van der Waals surface area contributed by atoms with Crippen LogP contribution in [-0.4, -0.2) is 36.0 Å². The molecule has 0 radical (unpaired) electrons. The van der Waals surface area contributed by atoms with Crippen molar-refractivity contribution in [2.45, 2.75) is 86.1 Å². The van der Waals surface area contributed by atoms with Gasteiger partial charge in [-0.2, -0.15) is 5.10 Å². The van der Waals surface area contributed by atoms with Gasteiger partial charge in [0, 0.05) is 47.7 Å². The second-order valence-electron chi connectivity index (χ2n) is 13.4. The number of aromatic nitrogens is 2. The van der Waals surface area contributed by atoms with E-state index in [0.717, 1.165) is 63.0 Å². The van der Waals surface area contributed by atoms with Gasteiger partial charge in [-0.25, -0.2) is 0 Å². The first-order valence-electron chi connectivity index (χ1n) is 14.9. The lowest BCUT2D eigenvalue weighted by Gasteiger charge is -2.46. The summed E-state index contributed by atoms with van der Waals surface area (Å²) < 4.78 is 0. The van der Waals surface area contributed by atoms with E-state index in [1.54, 1.807) is 0 Å². The average Bonchev–Trinajstić information content (AvgIpc) is 3.35. The number of nitrogens with zero attached hydrogens (tertiary/aromatic N) is 3. The largest absolute Gasteiger partial charge is 0.398 e. The van der Waals surface area contributed by atoms with Gasteiger partial charge in [0.2, 0.25) is 0 Å². The molecule has 4 rings (SSSR count). The highest BCUT2D eigenvalue weighted by atomic mass is 35.5. The quantitative estimate of drug-likeness (QED) is 0.187. The minimum Gasteiger partial charge on any atom is -0.398 e. The van der Waals surface area contributed by atoms with Crippen molar-refractivity contribution in [1.29, 1.82) is 0 Å². The smallest absolute Gasteiger partial charge is 0.0660 e. The first-order chi connectivity index (χ1) is 19.3. The standard InChI is InChI=1S/C35H48ClN5/c1-10-24-18-25(13-14-29(24)41(8)9)33(37)30(31-27-21-38-40-28(27)17-22(3)32(31)36)23(4)39-26-19-35(11-2,20-26)16-12-15-34(5,6)7/h10,13-14,17-18,21,26H,1,11-12,15-16,19-20,37H2,2-9H3,(H,38,40)/b33-30+,39-23?. The lowest BCUT2D eigenvalue weighted by Crippen LogP contribution is -2.40. The summed E-state index contributed by atoms with van der Waals surface area (Å²) >= 11 is 7.06. The van der Waals surface area contributed by atoms with Crippen LogP contribution in [-0.2, 0) is 0 Å². The number of halogens is 1. The van der Waals surface area contributed by atoms with E-state index < -0.39 is 0 Å². The zero-order valence-electron chi connectivity index (χ0n) is 26.3. The molecule has 3 N–H and O–H groups in total. The summed E-state index contributed by atoms with van der Waals surface area (Å²) in [6, 6.07) is 8.59. The minimum absolute atomic E-state index is 0.288. The van der Waals surface area contributed by atoms with Crippen LogP contribution in [0.4, 0.5) is 5.69 Å². The van der Waals surface area contributed by atoms with Gasteiger partial charge in [0.1, 0.15) is 0 Å². The number of anilines is 1. The third-order valence-corrected chi connectivity index (χ3v) is 9.37. The molecule has 1 aromatic heterocycles. The van der Waals surface area contributed by atoms with Gasteiger partial charge in [-0.1, -0.05) is 70.9 Å². The Balaban J connectivity index is 1.78. The molecule has 41 heavy (non-hydrogen) atoms. The number of benzene rings is 2. The van der Waals surface area contributed by atoms with Crippen molar-refractivity contribution in [3.8, 4) is 0 Å². The minimum atomic E-state index is 0.288. The van der Waals surface area contributed by atoms with Crippen molar-refractivity contribution in [1.82, 2.24) is 10.2 Å². The highest BCUT2D eigenvalue weighted by Gasteiger charge is 2.42. The van der Waals surface area contributed by atoms with Crippen molar-refractivity contribution in [3.63, 3.8) is 0 Å². The predicted octanol–water partition coefficient (Wildman–Crippen LogP) is 9.30. The van der Waals surface area contributed by atoms with E-state index >= 15 is 0 Å². The Morgan fingerprint density at radius 2 is 1.98 bits per heavy atom. The topological polar surface area (TPSA) is 70.3 Å². The molecule has 0 unspecified atom stereocenters. The summed E-state index contributed by atoms with van der Waals surface area (Å²) in [5.74, 6) is 0. The number of aliphatic imine (C=N–C) groups is 1. The number of rotatable bonds is 10. The van der Waals surface area contributed by atoms with Crippen LogP contribution >= 0.6 is 11.6 Å². The molecule has 3 aromatic rings. The predicted molar refractivity (Wildman–Crippen MR) is 180 cm³/mol. The Kier molecular flexibility index (Phi) is 9.08. The van der Waals surface area contributed by atoms with Gasteiger partial charge >= 0.3 is 0 Å². The number of aryl methyl sites for hydroxylation is 1. The van der Waals surface area contributed by atoms with E-state index in [2.05, 4.69) is 74.5 Å². The molecule has 220 valence electrons. The Morgan fingerprint density at radius 1 is 1.27 bits per heavy atom. The zero-order chi connectivity index (χ0) is 30.1. The first-order valence-corrected chi connectivity index (χ1v) is 15.3. The molecule has 2 aromatic carbocycles. The summed E-state index contributed by atoms with van der Waals surface area (Å²) in [4.78, 5) is 7.40. The molecule has 1 heterocycles. The van der Waals surface area contributed by atoms with E-state index in [4.69, 9.17) is 22.3 Å². The number of fused-ring (bicyclic) bond motifs is 1. The van der Waals surface area contributed by atoms with Crippen LogP contribution < -0.4 is 10.6 Å². The highest BCUT2D eigenvalue weighted by Crippen LogP contribution is 2.50. The lowest BCUT2D eigenvalue weighted by atomic mass is 9.61. The molecule has 0 amide bonds. The summed E-state index contributed by atoms with van der Waals surface area (Å²) in [6.45, 7) is 17.5. The van der Waals surface area contributed by atoms with Crippen LogP contribution in [0.5, 0.6) is 0 Å². The molecule has 1 saturated carbocycles. The molecule has 5 nitrogen and oxygen atoms in total. The maximum Gasteiger partial charge on any atom is 0.0660 e. The highest BCUT2D eigenvalue weighted by molar-refractivity contribution is 6.40. The van der Waals surface area contributed by atoms with E-state index in [9.17, 15) is 0 Å². The van der Waals surface area contributed by atoms with E-state index in [-0.39, 0.29) is 6.04 Å². The maximum absolute atomic E-state index is 7.08. The maximum atomic E-state index is 7.08. The lowest BCUT2D eigenvalue weighted by molar-refractivity contribution is 0.0806. The summed E-state index contributed by atoms with van der Waals surface area (Å²) in [7, 11) is 4.06. The number of nitrogens with one attached hydrogen (secondary N) is 1. The molecule has 1 fully saturated rings. The first kappa shape index (κ1) is 30.9. The average molecular weight is 574 g/mol. The fourth-order valence-electron chi connectivity index (χ4n) is 6.43. The Morgan fingerprint density at radius 3 is 2.59 bits per heavy atom. The number of nitrogens with two attached hydrogens (primary N) is 1. The fraction of sp³-hybridized carbons (Fsp3) is 0.486. The third-order valence-electron chi connectivity index (χ3n) is 8.88. The van der Waals surface area contributed by atoms with Crippen molar-refractivity contribution in [2.75, 3.05) is 19.0 Å². The van der Waals surface area contributed by atoms with E-state index in [0.29, 0.717) is 21.5 Å². The van der Waals surface area contributed by atoms with Gasteiger partial charge < -0.3 is 10.6 Å². The van der Waals surface area contributed by atoms with Crippen molar-refractivity contribution >= 4 is 51.2 Å². The van der Waals surface area contributed by atoms with Gasteiger partial charge in [-0.15, -0.1) is 0 Å². The van der Waals surface area contributed by atoms with E-state index in [1.165, 1.54) is 25.7 Å². The van der Waals surface area contributed by atoms with Crippen LogP contribution in [0.2, 0.25) is 5.02 Å². The molecule has 0 spiro atoms. The zero-order valence-corrected chi connectivity index (χ0v) is 27.0. The van der Waals surface area contributed by atoms with Crippen LogP contribution in [0, 0.1) is 17.8 Å². The van der Waals surface area contributed by atoms with Gasteiger partial charge in [0.05, 0.1) is 22.8 Å². The molecule has 0 bridgehead atoms. The normalized spacial score (nSPS) is 20.1. The van der Waals surface area contributed by atoms with Crippen molar-refractivity contribution in [2.24, 2.45) is 21.6 Å². The van der Waals surface area contributed by atoms with Gasteiger partial charge in [0.25, 0.3) is 0 Å².